The first kappa shape index (κ1) is 16.4. The molecule has 7 heteroatoms. The molecule has 0 saturated carbocycles. The molecule has 0 bridgehead atoms. The zero-order chi connectivity index (χ0) is 17.1. The highest BCUT2D eigenvalue weighted by Gasteiger charge is 2.29. The lowest BCUT2D eigenvalue weighted by Gasteiger charge is -2.33. The van der Waals surface area contributed by atoms with Crippen LogP contribution in [-0.4, -0.2) is 44.4 Å². The molecule has 7 nitrogen and oxygen atoms in total. The van der Waals surface area contributed by atoms with Crippen LogP contribution >= 0.6 is 0 Å². The number of nitrogens with zero attached hydrogens (tertiary/aromatic N) is 4. The lowest BCUT2D eigenvalue weighted by Crippen LogP contribution is -2.46. The van der Waals surface area contributed by atoms with Crippen LogP contribution in [0, 0.1) is 11.8 Å². The lowest BCUT2D eigenvalue weighted by molar-refractivity contribution is -0.138. The van der Waals surface area contributed by atoms with Gasteiger partial charge in [-0.15, -0.1) is 10.2 Å². The molecule has 128 valence electrons. The van der Waals surface area contributed by atoms with E-state index in [0.29, 0.717) is 18.9 Å². The average molecular weight is 329 g/mol. The Hall–Kier alpha value is -2.44. The largest absolute Gasteiger partial charge is 0.348 e. The van der Waals surface area contributed by atoms with Crippen molar-refractivity contribution in [3.8, 4) is 0 Å². The minimum absolute atomic E-state index is 0.0241. The SMILES string of the molecule is CC(C)C(=O)N1CCC[C@H](C(=O)NCc2nnc3ccccn23)C1. The third-order valence-corrected chi connectivity index (χ3v) is 4.40. The van der Waals surface area contributed by atoms with Crippen LogP contribution in [0.2, 0.25) is 0 Å². The van der Waals surface area contributed by atoms with Crippen molar-refractivity contribution in [1.29, 1.82) is 0 Å². The number of amides is 2. The number of likely N-dealkylation sites (tertiary alicyclic amines) is 1. The fraction of sp³-hybridized carbons (Fsp3) is 0.529. The summed E-state index contributed by atoms with van der Waals surface area (Å²) in [5.41, 5.74) is 0.758. The minimum Gasteiger partial charge on any atom is -0.348 e. The molecule has 1 fully saturated rings. The molecular weight excluding hydrogens is 306 g/mol. The number of piperidine rings is 1. The number of aromatic nitrogens is 3. The van der Waals surface area contributed by atoms with Gasteiger partial charge < -0.3 is 10.2 Å². The van der Waals surface area contributed by atoms with E-state index in [9.17, 15) is 9.59 Å². The van der Waals surface area contributed by atoms with Gasteiger partial charge in [-0.05, 0) is 25.0 Å². The Morgan fingerprint density at radius 3 is 2.96 bits per heavy atom. The van der Waals surface area contributed by atoms with Gasteiger partial charge in [-0.25, -0.2) is 0 Å². The van der Waals surface area contributed by atoms with Crippen LogP contribution in [0.5, 0.6) is 0 Å². The Bertz CT molecular complexity index is 739. The number of pyridine rings is 1. The van der Waals surface area contributed by atoms with Crippen LogP contribution < -0.4 is 5.32 Å². The second-order valence-corrected chi connectivity index (χ2v) is 6.54. The van der Waals surface area contributed by atoms with Crippen LogP contribution in [0.25, 0.3) is 5.65 Å². The summed E-state index contributed by atoms with van der Waals surface area (Å²) < 4.78 is 1.86. The second kappa shape index (κ2) is 6.98. The fourth-order valence-corrected chi connectivity index (χ4v) is 3.08. The monoisotopic (exact) mass is 329 g/mol. The van der Waals surface area contributed by atoms with Gasteiger partial charge >= 0.3 is 0 Å². The molecule has 0 radical (unpaired) electrons. The standard InChI is InChI=1S/C17H23N5O2/c1-12(2)17(24)21-8-5-6-13(11-21)16(23)18-10-15-20-19-14-7-3-4-9-22(14)15/h3-4,7,9,12-13H,5-6,8,10-11H2,1-2H3,(H,18,23)/t13-/m0/s1. The number of carbonyl (C=O) groups excluding carboxylic acids is 2. The lowest BCUT2D eigenvalue weighted by atomic mass is 9.96. The maximum atomic E-state index is 12.5. The molecule has 0 aromatic carbocycles. The maximum absolute atomic E-state index is 12.5. The zero-order valence-corrected chi connectivity index (χ0v) is 14.1. The molecule has 1 aliphatic heterocycles. The van der Waals surface area contributed by atoms with E-state index in [4.69, 9.17) is 0 Å². The summed E-state index contributed by atoms with van der Waals surface area (Å²) in [5.74, 6) is 0.611. The first-order valence-electron chi connectivity index (χ1n) is 8.41. The van der Waals surface area contributed by atoms with Crippen molar-refractivity contribution in [1.82, 2.24) is 24.8 Å². The van der Waals surface area contributed by atoms with Gasteiger partial charge in [0.1, 0.15) is 0 Å². The van der Waals surface area contributed by atoms with E-state index in [-0.39, 0.29) is 23.7 Å². The Morgan fingerprint density at radius 1 is 1.33 bits per heavy atom. The van der Waals surface area contributed by atoms with Crippen molar-refractivity contribution >= 4 is 17.5 Å². The van der Waals surface area contributed by atoms with Crippen molar-refractivity contribution in [2.24, 2.45) is 11.8 Å². The molecule has 2 aromatic heterocycles. The third kappa shape index (κ3) is 3.39. The van der Waals surface area contributed by atoms with E-state index in [1.807, 2.05) is 47.5 Å². The van der Waals surface area contributed by atoms with Gasteiger partial charge in [-0.1, -0.05) is 19.9 Å². The molecule has 1 N–H and O–H groups in total. The summed E-state index contributed by atoms with van der Waals surface area (Å²) in [7, 11) is 0. The summed E-state index contributed by atoms with van der Waals surface area (Å²) in [6.45, 7) is 5.36. The normalized spacial score (nSPS) is 18.1. The van der Waals surface area contributed by atoms with Crippen LogP contribution in [-0.2, 0) is 16.1 Å². The summed E-state index contributed by atoms with van der Waals surface area (Å²) in [6.07, 6.45) is 3.55. The smallest absolute Gasteiger partial charge is 0.225 e. The molecule has 2 amide bonds. The maximum Gasteiger partial charge on any atom is 0.225 e. The Morgan fingerprint density at radius 2 is 2.17 bits per heavy atom. The Kier molecular flexibility index (Phi) is 4.78. The highest BCUT2D eigenvalue weighted by molar-refractivity contribution is 5.82. The number of hydrogen-bond acceptors (Lipinski definition) is 4. The van der Waals surface area contributed by atoms with E-state index < -0.39 is 0 Å². The number of nitrogens with one attached hydrogen (secondary N) is 1. The van der Waals surface area contributed by atoms with Gasteiger partial charge in [0.25, 0.3) is 0 Å². The van der Waals surface area contributed by atoms with E-state index in [1.165, 1.54) is 0 Å². The summed E-state index contributed by atoms with van der Waals surface area (Å²) in [5, 5.41) is 11.1. The summed E-state index contributed by atoms with van der Waals surface area (Å²) in [4.78, 5) is 26.4. The Balaban J connectivity index is 1.59. The molecule has 24 heavy (non-hydrogen) atoms. The molecule has 0 aliphatic carbocycles. The van der Waals surface area contributed by atoms with Crippen molar-refractivity contribution in [2.75, 3.05) is 13.1 Å². The van der Waals surface area contributed by atoms with E-state index >= 15 is 0 Å². The van der Waals surface area contributed by atoms with Gasteiger partial charge in [0.2, 0.25) is 11.8 Å². The predicted molar refractivity (Wildman–Crippen MR) is 89.0 cm³/mol. The molecule has 1 aliphatic rings. The molecule has 1 atom stereocenters. The average Bonchev–Trinajstić information content (AvgIpc) is 3.02. The Labute approximate surface area is 141 Å². The van der Waals surface area contributed by atoms with Crippen LogP contribution in [0.3, 0.4) is 0 Å². The van der Waals surface area contributed by atoms with Gasteiger partial charge in [0.15, 0.2) is 11.5 Å². The summed E-state index contributed by atoms with van der Waals surface area (Å²) >= 11 is 0. The highest BCUT2D eigenvalue weighted by Crippen LogP contribution is 2.18. The molecule has 3 heterocycles. The van der Waals surface area contributed by atoms with Crippen molar-refractivity contribution in [2.45, 2.75) is 33.2 Å². The van der Waals surface area contributed by atoms with Gasteiger partial charge in [-0.2, -0.15) is 0 Å². The van der Waals surface area contributed by atoms with E-state index in [1.54, 1.807) is 0 Å². The molecular formula is C17H23N5O2. The van der Waals surface area contributed by atoms with E-state index in [0.717, 1.165) is 25.0 Å². The van der Waals surface area contributed by atoms with Crippen LogP contribution in [0.15, 0.2) is 24.4 Å². The quantitative estimate of drug-likeness (QED) is 0.915. The first-order chi connectivity index (χ1) is 11.6. The molecule has 2 aromatic rings. The van der Waals surface area contributed by atoms with Gasteiger partial charge in [-0.3, -0.25) is 14.0 Å². The third-order valence-electron chi connectivity index (χ3n) is 4.40. The van der Waals surface area contributed by atoms with Crippen molar-refractivity contribution in [3.05, 3.63) is 30.2 Å². The first-order valence-corrected chi connectivity index (χ1v) is 8.41. The molecule has 0 unspecified atom stereocenters. The molecule has 0 spiro atoms. The van der Waals surface area contributed by atoms with Gasteiger partial charge in [0.05, 0.1) is 12.5 Å². The zero-order valence-electron chi connectivity index (χ0n) is 14.1. The summed E-state index contributed by atoms with van der Waals surface area (Å²) in [6, 6.07) is 5.67. The highest BCUT2D eigenvalue weighted by atomic mass is 16.2. The van der Waals surface area contributed by atoms with Crippen LogP contribution in [0.4, 0.5) is 0 Å². The second-order valence-electron chi connectivity index (χ2n) is 6.54. The number of rotatable bonds is 4. The number of hydrogen-bond donors (Lipinski definition) is 1. The predicted octanol–water partition coefficient (Wildman–Crippen LogP) is 1.24. The van der Waals surface area contributed by atoms with E-state index in [2.05, 4.69) is 15.5 Å². The van der Waals surface area contributed by atoms with Gasteiger partial charge in [0, 0.05) is 25.2 Å². The molecule has 3 rings (SSSR count). The molecule has 1 saturated heterocycles. The van der Waals surface area contributed by atoms with Crippen molar-refractivity contribution < 1.29 is 9.59 Å². The fourth-order valence-electron chi connectivity index (χ4n) is 3.08. The number of fused-ring (bicyclic) bond motifs is 1. The van der Waals surface area contributed by atoms with Crippen LogP contribution in [0.1, 0.15) is 32.5 Å². The topological polar surface area (TPSA) is 79.6 Å². The minimum atomic E-state index is -0.152. The number of carbonyl (C=O) groups is 2. The van der Waals surface area contributed by atoms with Crippen molar-refractivity contribution in [3.63, 3.8) is 0 Å².